The fourth-order valence-electron chi connectivity index (χ4n) is 2.01. The molecule has 0 aliphatic carbocycles. The van der Waals surface area contributed by atoms with Crippen LogP contribution in [0.5, 0.6) is 0 Å². The quantitative estimate of drug-likeness (QED) is 0.563. The molecule has 2 aromatic rings. The van der Waals surface area contributed by atoms with Crippen LogP contribution in [-0.2, 0) is 24.3 Å². The number of esters is 1. The molecule has 0 aliphatic heterocycles. The highest BCUT2D eigenvalue weighted by Gasteiger charge is 2.17. The monoisotopic (exact) mass is 408 g/mol. The summed E-state index contributed by atoms with van der Waals surface area (Å²) in [6.45, 7) is 1.41. The van der Waals surface area contributed by atoms with E-state index in [0.29, 0.717) is 16.3 Å². The number of hydrogen-bond acceptors (Lipinski definition) is 5. The van der Waals surface area contributed by atoms with Crippen molar-refractivity contribution in [2.45, 2.75) is 17.9 Å². The average molecular weight is 409 g/mol. The Hall–Kier alpha value is -2.68. The molecule has 0 fully saturated rings. The molecule has 0 spiro atoms. The summed E-state index contributed by atoms with van der Waals surface area (Å²) < 4.78 is 27.4. The molecule has 0 bridgehead atoms. The van der Waals surface area contributed by atoms with E-state index < -0.39 is 28.0 Å². The Labute approximate surface area is 161 Å². The first kappa shape index (κ1) is 20.6. The predicted octanol–water partition coefficient (Wildman–Crippen LogP) is 2.57. The van der Waals surface area contributed by atoms with Gasteiger partial charge >= 0.3 is 5.97 Å². The molecule has 3 N–H and O–H groups in total. The van der Waals surface area contributed by atoms with Gasteiger partial charge in [0.15, 0.2) is 6.10 Å². The zero-order chi connectivity index (χ0) is 20.0. The normalized spacial score (nSPS) is 12.6. The van der Waals surface area contributed by atoms with Gasteiger partial charge < -0.3 is 10.1 Å². The number of amides is 1. The van der Waals surface area contributed by atoms with Crippen LogP contribution in [0.4, 0.5) is 5.69 Å². The maximum atomic E-state index is 12.1. The molecule has 1 amide bonds. The molecule has 9 heteroatoms. The van der Waals surface area contributed by atoms with Crippen LogP contribution in [0.1, 0.15) is 12.5 Å². The second-order valence-corrected chi connectivity index (χ2v) is 7.46. The van der Waals surface area contributed by atoms with E-state index >= 15 is 0 Å². The van der Waals surface area contributed by atoms with E-state index in [4.69, 9.17) is 21.5 Å². The van der Waals surface area contributed by atoms with E-state index in [1.807, 2.05) is 0 Å². The average Bonchev–Trinajstić information content (AvgIpc) is 2.60. The molecular formula is C18H17ClN2O5S. The highest BCUT2D eigenvalue weighted by molar-refractivity contribution is 7.89. The van der Waals surface area contributed by atoms with Crippen LogP contribution in [0.2, 0.25) is 5.02 Å². The minimum atomic E-state index is -3.81. The first-order chi connectivity index (χ1) is 12.7. The van der Waals surface area contributed by atoms with Crippen LogP contribution in [0.15, 0.2) is 59.5 Å². The lowest BCUT2D eigenvalue weighted by Gasteiger charge is -2.12. The fraction of sp³-hybridized carbons (Fsp3) is 0.111. The second-order valence-electron chi connectivity index (χ2n) is 5.49. The minimum Gasteiger partial charge on any atom is -0.449 e. The van der Waals surface area contributed by atoms with Crippen molar-refractivity contribution in [2.75, 3.05) is 5.32 Å². The zero-order valence-corrected chi connectivity index (χ0v) is 15.8. The number of sulfonamides is 1. The number of benzene rings is 2. The van der Waals surface area contributed by atoms with E-state index in [1.54, 1.807) is 24.3 Å². The predicted molar refractivity (Wildman–Crippen MR) is 102 cm³/mol. The van der Waals surface area contributed by atoms with Gasteiger partial charge in [0.1, 0.15) is 0 Å². The molecule has 0 aromatic heterocycles. The SMILES string of the molecule is CC(OC(=O)/C=C/c1ccccc1Cl)C(=O)Nc1ccc(S(N)(=O)=O)cc1. The van der Waals surface area contributed by atoms with Crippen LogP contribution < -0.4 is 10.5 Å². The Balaban J connectivity index is 1.93. The maximum absolute atomic E-state index is 12.1. The Morgan fingerprint density at radius 1 is 1.15 bits per heavy atom. The molecular weight excluding hydrogens is 392 g/mol. The number of primary sulfonamides is 1. The highest BCUT2D eigenvalue weighted by atomic mass is 35.5. The van der Waals surface area contributed by atoms with Gasteiger partial charge in [-0.3, -0.25) is 4.79 Å². The molecule has 27 heavy (non-hydrogen) atoms. The van der Waals surface area contributed by atoms with Crippen molar-refractivity contribution < 1.29 is 22.7 Å². The van der Waals surface area contributed by atoms with Gasteiger partial charge in [-0.1, -0.05) is 29.8 Å². The Kier molecular flexibility index (Phi) is 6.73. The van der Waals surface area contributed by atoms with Gasteiger partial charge in [0, 0.05) is 16.8 Å². The molecule has 1 atom stereocenters. The summed E-state index contributed by atoms with van der Waals surface area (Å²) in [7, 11) is -3.81. The molecule has 0 saturated heterocycles. The van der Waals surface area contributed by atoms with Crippen LogP contribution in [0, 0.1) is 0 Å². The first-order valence-corrected chi connectivity index (χ1v) is 9.66. The number of carbonyl (C=O) groups excluding carboxylic acids is 2. The lowest BCUT2D eigenvalue weighted by Crippen LogP contribution is -2.29. The molecule has 142 valence electrons. The number of carbonyl (C=O) groups is 2. The number of nitrogens with one attached hydrogen (secondary N) is 1. The third-order valence-corrected chi connectivity index (χ3v) is 4.69. The van der Waals surface area contributed by atoms with Gasteiger partial charge in [-0.05, 0) is 48.9 Å². The summed E-state index contributed by atoms with van der Waals surface area (Å²) in [5.41, 5.74) is 0.977. The van der Waals surface area contributed by atoms with Gasteiger partial charge in [-0.15, -0.1) is 0 Å². The molecule has 7 nitrogen and oxygen atoms in total. The van der Waals surface area contributed by atoms with E-state index in [1.165, 1.54) is 43.3 Å². The summed E-state index contributed by atoms with van der Waals surface area (Å²) in [6.07, 6.45) is 1.60. The Morgan fingerprint density at radius 3 is 2.37 bits per heavy atom. The summed E-state index contributed by atoms with van der Waals surface area (Å²) in [5.74, 6) is -1.28. The maximum Gasteiger partial charge on any atom is 0.331 e. The zero-order valence-electron chi connectivity index (χ0n) is 14.3. The Bertz CT molecular complexity index is 972. The summed E-state index contributed by atoms with van der Waals surface area (Å²) in [4.78, 5) is 23.8. The van der Waals surface area contributed by atoms with Gasteiger partial charge in [-0.25, -0.2) is 18.4 Å². The van der Waals surface area contributed by atoms with E-state index in [0.717, 1.165) is 0 Å². The van der Waals surface area contributed by atoms with Gasteiger partial charge in [0.05, 0.1) is 4.90 Å². The molecule has 2 aromatic carbocycles. The molecule has 1 unspecified atom stereocenters. The molecule has 0 heterocycles. The first-order valence-electron chi connectivity index (χ1n) is 7.74. The molecule has 0 aliphatic rings. The standard InChI is InChI=1S/C18H17ClN2O5S/c1-12(26-17(22)11-6-13-4-2-3-5-16(13)19)18(23)21-14-7-9-15(10-8-14)27(20,24)25/h2-12H,1H3,(H,21,23)(H2,20,24,25)/b11-6+. The molecule has 0 saturated carbocycles. The third kappa shape index (κ3) is 6.21. The summed E-state index contributed by atoms with van der Waals surface area (Å²) in [6, 6.07) is 12.2. The number of rotatable bonds is 6. The van der Waals surface area contributed by atoms with Crippen molar-refractivity contribution >= 4 is 45.3 Å². The van der Waals surface area contributed by atoms with E-state index in [-0.39, 0.29) is 4.90 Å². The van der Waals surface area contributed by atoms with Crippen LogP contribution in [-0.4, -0.2) is 26.4 Å². The van der Waals surface area contributed by atoms with E-state index in [2.05, 4.69) is 5.32 Å². The van der Waals surface area contributed by atoms with Gasteiger partial charge in [-0.2, -0.15) is 0 Å². The van der Waals surface area contributed by atoms with Crippen molar-refractivity contribution in [1.82, 2.24) is 0 Å². The summed E-state index contributed by atoms with van der Waals surface area (Å²) in [5, 5.41) is 8.00. The number of ether oxygens (including phenoxy) is 1. The lowest BCUT2D eigenvalue weighted by molar-refractivity contribution is -0.148. The summed E-state index contributed by atoms with van der Waals surface area (Å²) >= 11 is 5.98. The number of anilines is 1. The second kappa shape index (κ2) is 8.81. The van der Waals surface area contributed by atoms with Crippen LogP contribution in [0.3, 0.4) is 0 Å². The Morgan fingerprint density at radius 2 is 1.78 bits per heavy atom. The fourth-order valence-corrected chi connectivity index (χ4v) is 2.72. The number of halogens is 1. The topological polar surface area (TPSA) is 116 Å². The van der Waals surface area contributed by atoms with Crippen molar-refractivity contribution in [3.8, 4) is 0 Å². The minimum absolute atomic E-state index is 0.0790. The molecule has 0 radical (unpaired) electrons. The van der Waals surface area contributed by atoms with Crippen molar-refractivity contribution in [1.29, 1.82) is 0 Å². The van der Waals surface area contributed by atoms with Gasteiger partial charge in [0.25, 0.3) is 5.91 Å². The number of hydrogen-bond donors (Lipinski definition) is 2. The van der Waals surface area contributed by atoms with E-state index in [9.17, 15) is 18.0 Å². The third-order valence-electron chi connectivity index (χ3n) is 3.42. The number of nitrogens with two attached hydrogens (primary N) is 1. The molecule has 2 rings (SSSR count). The van der Waals surface area contributed by atoms with Gasteiger partial charge in [0.2, 0.25) is 10.0 Å². The lowest BCUT2D eigenvalue weighted by atomic mass is 10.2. The smallest absolute Gasteiger partial charge is 0.331 e. The van der Waals surface area contributed by atoms with Crippen LogP contribution >= 0.6 is 11.6 Å². The largest absolute Gasteiger partial charge is 0.449 e. The van der Waals surface area contributed by atoms with Crippen molar-refractivity contribution in [3.05, 3.63) is 65.2 Å². The highest BCUT2D eigenvalue weighted by Crippen LogP contribution is 2.16. The van der Waals surface area contributed by atoms with Crippen LogP contribution in [0.25, 0.3) is 6.08 Å². The van der Waals surface area contributed by atoms with Crippen molar-refractivity contribution in [3.63, 3.8) is 0 Å². The van der Waals surface area contributed by atoms with Crippen molar-refractivity contribution in [2.24, 2.45) is 5.14 Å².